The number of halogens is 3. The summed E-state index contributed by atoms with van der Waals surface area (Å²) in [4.78, 5) is 14.2. The molecule has 2 nitrogen and oxygen atoms in total. The van der Waals surface area contributed by atoms with E-state index in [0.29, 0.717) is 12.1 Å². The number of amides is 1. The molecular weight excluding hydrogens is 299 g/mol. The molecule has 112 valence electrons. The summed E-state index contributed by atoms with van der Waals surface area (Å²) < 4.78 is 39.1. The molecule has 1 aromatic carbocycles. The van der Waals surface area contributed by atoms with Crippen LogP contribution in [0.5, 0.6) is 0 Å². The molecule has 6 heteroatoms. The van der Waals surface area contributed by atoms with Gasteiger partial charge in [-0.2, -0.15) is 0 Å². The van der Waals surface area contributed by atoms with E-state index in [1.165, 1.54) is 0 Å². The van der Waals surface area contributed by atoms with Gasteiger partial charge in [0, 0.05) is 15.3 Å². The van der Waals surface area contributed by atoms with Crippen molar-refractivity contribution in [1.82, 2.24) is 5.32 Å². The maximum Gasteiger partial charge on any atom is 0.251 e. The van der Waals surface area contributed by atoms with Crippen LogP contribution >= 0.6 is 11.3 Å². The predicted molar refractivity (Wildman–Crippen MR) is 76.0 cm³/mol. The highest BCUT2D eigenvalue weighted by molar-refractivity contribution is 7.12. The minimum Gasteiger partial charge on any atom is -0.345 e. The lowest BCUT2D eigenvalue weighted by molar-refractivity contribution is 0.0938. The zero-order valence-corrected chi connectivity index (χ0v) is 12.6. The van der Waals surface area contributed by atoms with E-state index in [0.717, 1.165) is 15.3 Å². The molecule has 1 N–H and O–H groups in total. The normalized spacial score (nSPS) is 12.3. The fourth-order valence-electron chi connectivity index (χ4n) is 2.12. The second-order valence-corrected chi connectivity index (χ2v) is 6.28. The Kier molecular flexibility index (Phi) is 4.37. The Balaban J connectivity index is 2.20. The van der Waals surface area contributed by atoms with Gasteiger partial charge in [-0.1, -0.05) is 0 Å². The zero-order chi connectivity index (χ0) is 15.7. The third kappa shape index (κ3) is 3.26. The molecule has 0 aliphatic rings. The molecule has 0 bridgehead atoms. The van der Waals surface area contributed by atoms with Crippen LogP contribution in [0.2, 0.25) is 0 Å². The Hall–Kier alpha value is -1.82. The first-order chi connectivity index (χ1) is 9.79. The average molecular weight is 313 g/mol. The van der Waals surface area contributed by atoms with Crippen LogP contribution in [0.3, 0.4) is 0 Å². The van der Waals surface area contributed by atoms with Gasteiger partial charge in [0.05, 0.1) is 6.04 Å². The highest BCUT2D eigenvalue weighted by Gasteiger charge is 2.18. The SMILES string of the molecule is Cc1cc(C(C)NC(=O)c2cc(F)c(F)c(F)c2)c(C)s1. The molecule has 2 rings (SSSR count). The summed E-state index contributed by atoms with van der Waals surface area (Å²) in [6.45, 7) is 5.68. The van der Waals surface area contributed by atoms with E-state index in [1.807, 2.05) is 19.9 Å². The topological polar surface area (TPSA) is 29.1 Å². The Morgan fingerprint density at radius 2 is 1.71 bits per heavy atom. The molecular formula is C15H14F3NOS. The maximum absolute atomic E-state index is 13.1. The maximum atomic E-state index is 13.1. The molecule has 1 aromatic heterocycles. The summed E-state index contributed by atoms with van der Waals surface area (Å²) in [7, 11) is 0. The number of thiophene rings is 1. The van der Waals surface area contributed by atoms with Crippen LogP contribution in [-0.2, 0) is 0 Å². The molecule has 21 heavy (non-hydrogen) atoms. The van der Waals surface area contributed by atoms with E-state index in [1.54, 1.807) is 18.3 Å². The summed E-state index contributed by atoms with van der Waals surface area (Å²) in [6, 6.07) is 3.02. The van der Waals surface area contributed by atoms with Crippen LogP contribution in [0, 0.1) is 31.3 Å². The van der Waals surface area contributed by atoms with Crippen molar-refractivity contribution in [2.75, 3.05) is 0 Å². The Labute approximate surface area is 124 Å². The van der Waals surface area contributed by atoms with Gasteiger partial charge < -0.3 is 5.32 Å². The van der Waals surface area contributed by atoms with Gasteiger partial charge in [-0.05, 0) is 44.5 Å². The van der Waals surface area contributed by atoms with Gasteiger partial charge in [0.1, 0.15) is 0 Å². The molecule has 1 heterocycles. The van der Waals surface area contributed by atoms with Crippen molar-refractivity contribution in [3.05, 3.63) is 56.5 Å². The van der Waals surface area contributed by atoms with E-state index in [-0.39, 0.29) is 11.6 Å². The van der Waals surface area contributed by atoms with Crippen molar-refractivity contribution >= 4 is 17.2 Å². The van der Waals surface area contributed by atoms with E-state index in [4.69, 9.17) is 0 Å². The second-order valence-electron chi connectivity index (χ2n) is 4.82. The van der Waals surface area contributed by atoms with E-state index in [2.05, 4.69) is 5.32 Å². The first-order valence-corrected chi connectivity index (χ1v) is 7.13. The van der Waals surface area contributed by atoms with Gasteiger partial charge in [-0.3, -0.25) is 4.79 Å². The number of benzene rings is 1. The van der Waals surface area contributed by atoms with Crippen molar-refractivity contribution in [3.8, 4) is 0 Å². The first-order valence-electron chi connectivity index (χ1n) is 6.32. The van der Waals surface area contributed by atoms with Crippen LogP contribution in [0.1, 0.15) is 38.6 Å². The minimum absolute atomic E-state index is 0.247. The molecule has 0 radical (unpaired) electrons. The van der Waals surface area contributed by atoms with E-state index in [9.17, 15) is 18.0 Å². The van der Waals surface area contributed by atoms with Crippen molar-refractivity contribution < 1.29 is 18.0 Å². The summed E-state index contributed by atoms with van der Waals surface area (Å²) >= 11 is 1.61. The largest absolute Gasteiger partial charge is 0.345 e. The second kappa shape index (κ2) is 5.89. The van der Waals surface area contributed by atoms with Crippen LogP contribution in [0.25, 0.3) is 0 Å². The Bertz CT molecular complexity index is 673. The number of aryl methyl sites for hydroxylation is 2. The van der Waals surface area contributed by atoms with Gasteiger partial charge in [0.15, 0.2) is 17.5 Å². The van der Waals surface area contributed by atoms with Gasteiger partial charge in [-0.25, -0.2) is 13.2 Å². The molecule has 0 fully saturated rings. The summed E-state index contributed by atoms with van der Waals surface area (Å²) in [5.41, 5.74) is 0.705. The van der Waals surface area contributed by atoms with Gasteiger partial charge in [-0.15, -0.1) is 11.3 Å². The molecule has 0 aliphatic heterocycles. The highest BCUT2D eigenvalue weighted by Crippen LogP contribution is 2.26. The molecule has 1 atom stereocenters. The minimum atomic E-state index is -1.58. The van der Waals surface area contributed by atoms with Crippen LogP contribution in [0.4, 0.5) is 13.2 Å². The molecule has 0 saturated carbocycles. The molecule has 1 unspecified atom stereocenters. The van der Waals surface area contributed by atoms with Crippen LogP contribution < -0.4 is 5.32 Å². The number of nitrogens with one attached hydrogen (secondary N) is 1. The van der Waals surface area contributed by atoms with Gasteiger partial charge in [0.2, 0.25) is 0 Å². The smallest absolute Gasteiger partial charge is 0.251 e. The molecule has 0 aliphatic carbocycles. The van der Waals surface area contributed by atoms with Gasteiger partial charge >= 0.3 is 0 Å². The summed E-state index contributed by atoms with van der Waals surface area (Å²) in [5.74, 6) is -4.99. The number of rotatable bonds is 3. The average Bonchev–Trinajstić information content (AvgIpc) is 2.74. The van der Waals surface area contributed by atoms with Gasteiger partial charge in [0.25, 0.3) is 5.91 Å². The molecule has 2 aromatic rings. The molecule has 0 saturated heterocycles. The third-order valence-electron chi connectivity index (χ3n) is 3.14. The van der Waals surface area contributed by atoms with Crippen molar-refractivity contribution in [1.29, 1.82) is 0 Å². The Morgan fingerprint density at radius 1 is 1.14 bits per heavy atom. The van der Waals surface area contributed by atoms with Crippen molar-refractivity contribution in [2.24, 2.45) is 0 Å². The fraction of sp³-hybridized carbons (Fsp3) is 0.267. The number of carbonyl (C=O) groups excluding carboxylic acids is 1. The standard InChI is InChI=1S/C15H14F3NOS/c1-7-4-11(9(3)21-7)8(2)19-15(20)10-5-12(16)14(18)13(17)6-10/h4-6,8H,1-3H3,(H,19,20). The van der Waals surface area contributed by atoms with Crippen LogP contribution in [-0.4, -0.2) is 5.91 Å². The molecule has 1 amide bonds. The molecule has 0 spiro atoms. The van der Waals surface area contributed by atoms with Crippen molar-refractivity contribution in [2.45, 2.75) is 26.8 Å². The highest BCUT2D eigenvalue weighted by atomic mass is 32.1. The van der Waals surface area contributed by atoms with Crippen LogP contribution in [0.15, 0.2) is 18.2 Å². The number of hydrogen-bond acceptors (Lipinski definition) is 2. The number of carbonyl (C=O) groups is 1. The summed E-state index contributed by atoms with van der Waals surface area (Å²) in [5, 5.41) is 2.65. The lowest BCUT2D eigenvalue weighted by Gasteiger charge is -2.14. The van der Waals surface area contributed by atoms with E-state index >= 15 is 0 Å². The summed E-state index contributed by atoms with van der Waals surface area (Å²) in [6.07, 6.45) is 0. The Morgan fingerprint density at radius 3 is 2.19 bits per heavy atom. The number of hydrogen-bond donors (Lipinski definition) is 1. The lowest BCUT2D eigenvalue weighted by Crippen LogP contribution is -2.27. The third-order valence-corrected chi connectivity index (χ3v) is 4.12. The lowest BCUT2D eigenvalue weighted by atomic mass is 10.1. The quantitative estimate of drug-likeness (QED) is 0.842. The zero-order valence-electron chi connectivity index (χ0n) is 11.8. The monoisotopic (exact) mass is 313 g/mol. The predicted octanol–water partition coefficient (Wildman–Crippen LogP) is 4.27. The first kappa shape index (κ1) is 15.6. The van der Waals surface area contributed by atoms with E-state index < -0.39 is 23.4 Å². The fourth-order valence-corrected chi connectivity index (χ4v) is 3.15. The van der Waals surface area contributed by atoms with Crippen molar-refractivity contribution in [3.63, 3.8) is 0 Å².